The largest absolute Gasteiger partial charge is 0.495 e. The molecule has 19 heavy (non-hydrogen) atoms. The second kappa shape index (κ2) is 5.67. The summed E-state index contributed by atoms with van der Waals surface area (Å²) in [5.41, 5.74) is 1.29. The van der Waals surface area contributed by atoms with Gasteiger partial charge < -0.3 is 10.1 Å². The second-order valence-corrected chi connectivity index (χ2v) is 4.59. The third-order valence-electron chi connectivity index (χ3n) is 2.40. The maximum absolute atomic E-state index is 8.86. The summed E-state index contributed by atoms with van der Waals surface area (Å²) in [5, 5.41) is 12.0. The first-order valence-corrected chi connectivity index (χ1v) is 6.28. The van der Waals surface area contributed by atoms with Gasteiger partial charge in [-0.1, -0.05) is 0 Å². The van der Waals surface area contributed by atoms with Gasteiger partial charge in [-0.2, -0.15) is 5.26 Å². The van der Waals surface area contributed by atoms with Crippen LogP contribution in [0.3, 0.4) is 0 Å². The van der Waals surface area contributed by atoms with Crippen LogP contribution in [0.2, 0.25) is 0 Å². The lowest BCUT2D eigenvalue weighted by molar-refractivity contribution is 0.416. The Kier molecular flexibility index (Phi) is 3.97. The Morgan fingerprint density at radius 1 is 1.32 bits per heavy atom. The molecule has 0 radical (unpaired) electrons. The number of nitrogens with zero attached hydrogens (tertiary/aromatic N) is 3. The number of halogens is 1. The van der Waals surface area contributed by atoms with Crippen LogP contribution >= 0.6 is 15.9 Å². The van der Waals surface area contributed by atoms with E-state index in [1.54, 1.807) is 31.4 Å². The fourth-order valence-electron chi connectivity index (χ4n) is 1.60. The number of methoxy groups -OCH3 is 1. The van der Waals surface area contributed by atoms with Crippen LogP contribution in [-0.2, 0) is 0 Å². The molecule has 0 atom stereocenters. The standard InChI is InChI=1S/C13H11BrN4O/c1-8-16-12(14)6-13(17-8)18-10-4-3-9(7-15)5-11(10)19-2/h3-6H,1-2H3,(H,16,17,18). The van der Waals surface area contributed by atoms with Crippen molar-refractivity contribution < 1.29 is 4.74 Å². The third kappa shape index (κ3) is 3.20. The molecule has 0 saturated carbocycles. The Morgan fingerprint density at radius 3 is 2.74 bits per heavy atom. The highest BCUT2D eigenvalue weighted by molar-refractivity contribution is 9.10. The fraction of sp³-hybridized carbons (Fsp3) is 0.154. The van der Waals surface area contributed by atoms with Crippen molar-refractivity contribution in [1.82, 2.24) is 9.97 Å². The first-order valence-electron chi connectivity index (χ1n) is 5.48. The van der Waals surface area contributed by atoms with E-state index in [0.29, 0.717) is 27.6 Å². The van der Waals surface area contributed by atoms with E-state index in [2.05, 4.69) is 37.3 Å². The Morgan fingerprint density at radius 2 is 2.11 bits per heavy atom. The zero-order valence-electron chi connectivity index (χ0n) is 10.4. The number of hydrogen-bond donors (Lipinski definition) is 1. The van der Waals surface area contributed by atoms with Gasteiger partial charge in [0, 0.05) is 12.1 Å². The predicted octanol–water partition coefficient (Wildman–Crippen LogP) is 3.17. The minimum Gasteiger partial charge on any atom is -0.495 e. The Hall–Kier alpha value is -2.13. The van der Waals surface area contributed by atoms with E-state index in [-0.39, 0.29) is 0 Å². The number of rotatable bonds is 3. The van der Waals surface area contributed by atoms with Crippen LogP contribution in [0.4, 0.5) is 11.5 Å². The summed E-state index contributed by atoms with van der Waals surface area (Å²) >= 11 is 3.32. The lowest BCUT2D eigenvalue weighted by Gasteiger charge is -2.11. The van der Waals surface area contributed by atoms with Crippen molar-refractivity contribution in [3.8, 4) is 11.8 Å². The van der Waals surface area contributed by atoms with Crippen LogP contribution in [0.15, 0.2) is 28.9 Å². The van der Waals surface area contributed by atoms with Gasteiger partial charge in [0.05, 0.1) is 24.4 Å². The summed E-state index contributed by atoms with van der Waals surface area (Å²) in [6, 6.07) is 9.01. The predicted molar refractivity (Wildman–Crippen MR) is 75.5 cm³/mol. The van der Waals surface area contributed by atoms with Gasteiger partial charge in [-0.3, -0.25) is 0 Å². The molecule has 0 saturated heterocycles. The van der Waals surface area contributed by atoms with Crippen molar-refractivity contribution in [3.63, 3.8) is 0 Å². The molecule has 0 aliphatic carbocycles. The van der Waals surface area contributed by atoms with E-state index >= 15 is 0 Å². The van der Waals surface area contributed by atoms with Gasteiger partial charge in [-0.15, -0.1) is 0 Å². The van der Waals surface area contributed by atoms with Crippen molar-refractivity contribution in [2.75, 3.05) is 12.4 Å². The highest BCUT2D eigenvalue weighted by Gasteiger charge is 2.06. The molecule has 1 aromatic carbocycles. The number of benzene rings is 1. The topological polar surface area (TPSA) is 70.8 Å². The number of nitriles is 1. The third-order valence-corrected chi connectivity index (χ3v) is 2.81. The van der Waals surface area contributed by atoms with Gasteiger partial charge in [0.1, 0.15) is 22.0 Å². The molecule has 1 N–H and O–H groups in total. The SMILES string of the molecule is COc1cc(C#N)ccc1Nc1cc(Br)nc(C)n1. The maximum atomic E-state index is 8.86. The van der Waals surface area contributed by atoms with E-state index in [1.807, 2.05) is 6.92 Å². The van der Waals surface area contributed by atoms with E-state index < -0.39 is 0 Å². The monoisotopic (exact) mass is 318 g/mol. The van der Waals surface area contributed by atoms with Crippen LogP contribution in [0.25, 0.3) is 0 Å². The fourth-order valence-corrected chi connectivity index (χ4v) is 2.07. The molecular formula is C13H11BrN4O. The maximum Gasteiger partial charge on any atom is 0.143 e. The van der Waals surface area contributed by atoms with Gasteiger partial charge in [-0.05, 0) is 35.0 Å². The molecule has 1 heterocycles. The van der Waals surface area contributed by atoms with Gasteiger partial charge >= 0.3 is 0 Å². The van der Waals surface area contributed by atoms with Crippen LogP contribution in [-0.4, -0.2) is 17.1 Å². The number of anilines is 2. The Bertz CT molecular complexity index is 631. The van der Waals surface area contributed by atoms with Crippen molar-refractivity contribution in [2.24, 2.45) is 0 Å². The van der Waals surface area contributed by atoms with Crippen LogP contribution in [0, 0.1) is 18.3 Å². The zero-order chi connectivity index (χ0) is 13.8. The molecule has 6 heteroatoms. The molecule has 0 fully saturated rings. The molecule has 96 valence electrons. The van der Waals surface area contributed by atoms with Crippen LogP contribution < -0.4 is 10.1 Å². The molecule has 5 nitrogen and oxygen atoms in total. The van der Waals surface area contributed by atoms with E-state index in [9.17, 15) is 0 Å². The highest BCUT2D eigenvalue weighted by atomic mass is 79.9. The van der Waals surface area contributed by atoms with Gasteiger partial charge in [0.25, 0.3) is 0 Å². The number of nitrogens with one attached hydrogen (secondary N) is 1. The molecule has 2 rings (SSSR count). The molecule has 2 aromatic rings. The average Bonchev–Trinajstić information content (AvgIpc) is 2.38. The van der Waals surface area contributed by atoms with Crippen molar-refractivity contribution in [1.29, 1.82) is 5.26 Å². The summed E-state index contributed by atoms with van der Waals surface area (Å²) in [6.07, 6.45) is 0. The molecule has 0 bridgehead atoms. The highest BCUT2D eigenvalue weighted by Crippen LogP contribution is 2.28. The van der Waals surface area contributed by atoms with Crippen LogP contribution in [0.5, 0.6) is 5.75 Å². The summed E-state index contributed by atoms with van der Waals surface area (Å²) in [4.78, 5) is 8.41. The lowest BCUT2D eigenvalue weighted by atomic mass is 10.2. The summed E-state index contributed by atoms with van der Waals surface area (Å²) in [6.45, 7) is 1.81. The number of hydrogen-bond acceptors (Lipinski definition) is 5. The first kappa shape index (κ1) is 13.3. The van der Waals surface area contributed by atoms with Crippen molar-refractivity contribution in [2.45, 2.75) is 6.92 Å². The zero-order valence-corrected chi connectivity index (χ0v) is 12.0. The van der Waals surface area contributed by atoms with E-state index in [4.69, 9.17) is 10.00 Å². The Balaban J connectivity index is 2.35. The van der Waals surface area contributed by atoms with Crippen molar-refractivity contribution >= 4 is 27.4 Å². The quantitative estimate of drug-likeness (QED) is 0.880. The second-order valence-electron chi connectivity index (χ2n) is 3.77. The molecule has 1 aromatic heterocycles. The summed E-state index contributed by atoms with van der Waals surface area (Å²) in [7, 11) is 1.56. The van der Waals surface area contributed by atoms with Gasteiger partial charge in [-0.25, -0.2) is 9.97 Å². The molecule has 0 aliphatic heterocycles. The molecular weight excluding hydrogens is 308 g/mol. The van der Waals surface area contributed by atoms with Gasteiger partial charge in [0.15, 0.2) is 0 Å². The molecule has 0 spiro atoms. The summed E-state index contributed by atoms with van der Waals surface area (Å²) in [5.74, 6) is 1.90. The molecule has 0 unspecified atom stereocenters. The normalized spacial score (nSPS) is 9.79. The Labute approximate surface area is 119 Å². The molecule has 0 aliphatic rings. The average molecular weight is 319 g/mol. The van der Waals surface area contributed by atoms with Crippen LogP contribution in [0.1, 0.15) is 11.4 Å². The van der Waals surface area contributed by atoms with Crippen molar-refractivity contribution in [3.05, 3.63) is 40.3 Å². The molecule has 0 amide bonds. The minimum atomic E-state index is 0.544. The number of aromatic nitrogens is 2. The summed E-state index contributed by atoms with van der Waals surface area (Å²) < 4.78 is 5.96. The van der Waals surface area contributed by atoms with E-state index in [0.717, 1.165) is 5.69 Å². The van der Waals surface area contributed by atoms with E-state index in [1.165, 1.54) is 0 Å². The lowest BCUT2D eigenvalue weighted by Crippen LogP contribution is -1.99. The minimum absolute atomic E-state index is 0.544. The number of ether oxygens (including phenoxy) is 1. The number of aryl methyl sites for hydroxylation is 1. The van der Waals surface area contributed by atoms with Gasteiger partial charge in [0.2, 0.25) is 0 Å². The first-order chi connectivity index (χ1) is 9.12. The smallest absolute Gasteiger partial charge is 0.143 e.